The number of nitrogens with one attached hydrogen (secondary N) is 2. The van der Waals surface area contributed by atoms with Gasteiger partial charge in [-0.15, -0.1) is 0 Å². The molecule has 5 nitrogen and oxygen atoms in total. The van der Waals surface area contributed by atoms with E-state index in [2.05, 4.69) is 10.6 Å². The van der Waals surface area contributed by atoms with E-state index in [-0.39, 0.29) is 18.1 Å². The van der Waals surface area contributed by atoms with Crippen LogP contribution in [0.2, 0.25) is 0 Å². The highest BCUT2D eigenvalue weighted by Gasteiger charge is 2.23. The molecule has 1 saturated heterocycles. The Kier molecular flexibility index (Phi) is 4.98. The fourth-order valence-electron chi connectivity index (χ4n) is 2.31. The molecule has 0 aliphatic carbocycles. The third-order valence-corrected chi connectivity index (χ3v) is 3.73. The third-order valence-electron chi connectivity index (χ3n) is 3.73. The highest BCUT2D eigenvalue weighted by Crippen LogP contribution is 2.17. The van der Waals surface area contributed by atoms with Crippen molar-refractivity contribution >= 4 is 11.7 Å². The quantitative estimate of drug-likeness (QED) is 0.790. The zero-order chi connectivity index (χ0) is 14.5. The molecule has 0 bridgehead atoms. The lowest BCUT2D eigenvalue weighted by Crippen LogP contribution is -2.40. The van der Waals surface area contributed by atoms with Crippen molar-refractivity contribution in [1.29, 1.82) is 0 Å². The van der Waals surface area contributed by atoms with Crippen molar-refractivity contribution in [2.24, 2.45) is 11.7 Å². The molecular weight excluding hydrogens is 254 g/mol. The molecule has 2 rings (SSSR count). The lowest BCUT2D eigenvalue weighted by Gasteiger charge is -2.19. The van der Waals surface area contributed by atoms with Gasteiger partial charge in [-0.1, -0.05) is 12.1 Å². The largest absolute Gasteiger partial charge is 0.381 e. The van der Waals surface area contributed by atoms with Gasteiger partial charge in [0.1, 0.15) is 0 Å². The van der Waals surface area contributed by atoms with Crippen molar-refractivity contribution in [3.63, 3.8) is 0 Å². The highest BCUT2D eigenvalue weighted by molar-refractivity contribution is 5.89. The van der Waals surface area contributed by atoms with Gasteiger partial charge in [-0.25, -0.2) is 4.79 Å². The maximum Gasteiger partial charge on any atom is 0.319 e. The average molecular weight is 277 g/mol. The van der Waals surface area contributed by atoms with Crippen molar-refractivity contribution in [1.82, 2.24) is 5.32 Å². The summed E-state index contributed by atoms with van der Waals surface area (Å²) in [5, 5.41) is 5.78. The van der Waals surface area contributed by atoms with Crippen LogP contribution in [0.4, 0.5) is 10.5 Å². The van der Waals surface area contributed by atoms with Gasteiger partial charge in [0.25, 0.3) is 0 Å². The van der Waals surface area contributed by atoms with E-state index in [1.165, 1.54) is 0 Å². The maximum atomic E-state index is 11.9. The number of hydrogen-bond donors (Lipinski definition) is 3. The van der Waals surface area contributed by atoms with Crippen LogP contribution in [0.1, 0.15) is 31.9 Å². The minimum atomic E-state index is -0.182. The van der Waals surface area contributed by atoms with E-state index < -0.39 is 0 Å². The number of urea groups is 1. The minimum absolute atomic E-state index is 0.000246. The number of carbonyl (C=O) groups excluding carboxylic acids is 1. The molecule has 1 fully saturated rings. The second-order valence-electron chi connectivity index (χ2n) is 5.42. The molecule has 3 atom stereocenters. The lowest BCUT2D eigenvalue weighted by molar-refractivity contribution is 0.178. The summed E-state index contributed by atoms with van der Waals surface area (Å²) in [6, 6.07) is 7.51. The second-order valence-corrected chi connectivity index (χ2v) is 5.42. The predicted molar refractivity (Wildman–Crippen MR) is 79.6 cm³/mol. The zero-order valence-corrected chi connectivity index (χ0v) is 12.1. The number of carbonyl (C=O) groups is 1. The van der Waals surface area contributed by atoms with Crippen LogP contribution in [-0.4, -0.2) is 25.3 Å². The van der Waals surface area contributed by atoms with Gasteiger partial charge in [0, 0.05) is 30.3 Å². The summed E-state index contributed by atoms with van der Waals surface area (Å²) in [6.45, 7) is 5.46. The van der Waals surface area contributed by atoms with Crippen molar-refractivity contribution in [2.75, 3.05) is 18.5 Å². The lowest BCUT2D eigenvalue weighted by atomic mass is 10.0. The number of hydrogen-bond acceptors (Lipinski definition) is 3. The Hall–Kier alpha value is -1.59. The Morgan fingerprint density at radius 2 is 2.05 bits per heavy atom. The standard InChI is InChI=1S/C15H23N3O2/c1-10(16)12-3-5-14(6-4-12)18-15(19)17-11(2)13-7-8-20-9-13/h3-6,10-11,13H,7-9,16H2,1-2H3,(H2,17,18,19). The molecule has 2 amide bonds. The smallest absolute Gasteiger partial charge is 0.319 e. The van der Waals surface area contributed by atoms with Gasteiger partial charge >= 0.3 is 6.03 Å². The van der Waals surface area contributed by atoms with Crippen LogP contribution in [0.3, 0.4) is 0 Å². The van der Waals surface area contributed by atoms with Gasteiger partial charge < -0.3 is 21.1 Å². The van der Waals surface area contributed by atoms with Crippen molar-refractivity contribution in [2.45, 2.75) is 32.4 Å². The van der Waals surface area contributed by atoms with Gasteiger partial charge in [0.2, 0.25) is 0 Å². The molecule has 0 radical (unpaired) electrons. The van der Waals surface area contributed by atoms with Crippen LogP contribution in [0.25, 0.3) is 0 Å². The van der Waals surface area contributed by atoms with Crippen molar-refractivity contribution in [3.8, 4) is 0 Å². The summed E-state index contributed by atoms with van der Waals surface area (Å²) in [5.74, 6) is 0.404. The topological polar surface area (TPSA) is 76.4 Å². The Morgan fingerprint density at radius 3 is 2.60 bits per heavy atom. The molecule has 0 aromatic heterocycles. The molecule has 1 aromatic rings. The molecule has 1 aliphatic heterocycles. The first-order valence-electron chi connectivity index (χ1n) is 7.07. The molecule has 20 heavy (non-hydrogen) atoms. The van der Waals surface area contributed by atoms with Crippen LogP contribution < -0.4 is 16.4 Å². The van der Waals surface area contributed by atoms with Crippen LogP contribution in [0.15, 0.2) is 24.3 Å². The Labute approximate surface area is 119 Å². The minimum Gasteiger partial charge on any atom is -0.381 e. The first-order chi connectivity index (χ1) is 9.56. The molecule has 1 heterocycles. The number of ether oxygens (including phenoxy) is 1. The summed E-state index contributed by atoms with van der Waals surface area (Å²) >= 11 is 0. The van der Waals surface area contributed by atoms with E-state index in [0.717, 1.165) is 30.9 Å². The normalized spacial score (nSPS) is 21.2. The molecular formula is C15H23N3O2. The fraction of sp³-hybridized carbons (Fsp3) is 0.533. The van der Waals surface area contributed by atoms with Crippen molar-refractivity contribution < 1.29 is 9.53 Å². The van der Waals surface area contributed by atoms with Crippen LogP contribution in [-0.2, 0) is 4.74 Å². The van der Waals surface area contributed by atoms with Crippen LogP contribution >= 0.6 is 0 Å². The fourth-order valence-corrected chi connectivity index (χ4v) is 2.31. The third kappa shape index (κ3) is 3.95. The first kappa shape index (κ1) is 14.8. The van der Waals surface area contributed by atoms with E-state index in [1.54, 1.807) is 0 Å². The number of rotatable bonds is 4. The first-order valence-corrected chi connectivity index (χ1v) is 7.07. The Balaban J connectivity index is 1.84. The second kappa shape index (κ2) is 6.72. The monoisotopic (exact) mass is 277 g/mol. The van der Waals surface area contributed by atoms with Crippen LogP contribution in [0.5, 0.6) is 0 Å². The molecule has 3 unspecified atom stereocenters. The number of anilines is 1. The summed E-state index contributed by atoms with van der Waals surface area (Å²) in [4.78, 5) is 11.9. The molecule has 5 heteroatoms. The van der Waals surface area contributed by atoms with Gasteiger partial charge in [0.15, 0.2) is 0 Å². The van der Waals surface area contributed by atoms with E-state index in [1.807, 2.05) is 38.1 Å². The van der Waals surface area contributed by atoms with Gasteiger partial charge in [-0.05, 0) is 38.0 Å². The molecule has 1 aliphatic rings. The van der Waals surface area contributed by atoms with E-state index >= 15 is 0 Å². The summed E-state index contributed by atoms with van der Waals surface area (Å²) in [5.41, 5.74) is 7.60. The highest BCUT2D eigenvalue weighted by atomic mass is 16.5. The Bertz CT molecular complexity index is 439. The summed E-state index contributed by atoms with van der Waals surface area (Å²) in [7, 11) is 0. The molecule has 4 N–H and O–H groups in total. The number of nitrogens with two attached hydrogens (primary N) is 1. The number of amides is 2. The Morgan fingerprint density at radius 1 is 1.35 bits per heavy atom. The molecule has 0 spiro atoms. The number of benzene rings is 1. The molecule has 1 aromatic carbocycles. The van der Waals surface area contributed by atoms with Gasteiger partial charge in [-0.3, -0.25) is 0 Å². The van der Waals surface area contributed by atoms with Gasteiger partial charge in [-0.2, -0.15) is 0 Å². The van der Waals surface area contributed by atoms with E-state index in [9.17, 15) is 4.79 Å². The molecule has 0 saturated carbocycles. The van der Waals surface area contributed by atoms with E-state index in [0.29, 0.717) is 5.92 Å². The maximum absolute atomic E-state index is 11.9. The SMILES string of the molecule is CC(N)c1ccc(NC(=O)NC(C)C2CCOC2)cc1. The van der Waals surface area contributed by atoms with E-state index in [4.69, 9.17) is 10.5 Å². The molecule has 110 valence electrons. The summed E-state index contributed by atoms with van der Waals surface area (Å²) in [6.07, 6.45) is 1.00. The zero-order valence-electron chi connectivity index (χ0n) is 12.1. The predicted octanol–water partition coefficient (Wildman–Crippen LogP) is 2.25. The van der Waals surface area contributed by atoms with Crippen LogP contribution in [0, 0.1) is 5.92 Å². The average Bonchev–Trinajstić information content (AvgIpc) is 2.93. The van der Waals surface area contributed by atoms with Gasteiger partial charge in [0.05, 0.1) is 6.61 Å². The van der Waals surface area contributed by atoms with Crippen molar-refractivity contribution in [3.05, 3.63) is 29.8 Å². The summed E-state index contributed by atoms with van der Waals surface area (Å²) < 4.78 is 5.33.